The van der Waals surface area contributed by atoms with Crippen LogP contribution in [0.5, 0.6) is 0 Å². The Balaban J connectivity index is 2.11. The van der Waals surface area contributed by atoms with Crippen LogP contribution in [0.3, 0.4) is 0 Å². The van der Waals surface area contributed by atoms with Crippen molar-refractivity contribution in [3.8, 4) is 0 Å². The van der Waals surface area contributed by atoms with Gasteiger partial charge < -0.3 is 5.32 Å². The molecule has 0 saturated heterocycles. The molecule has 7 nitrogen and oxygen atoms in total. The third kappa shape index (κ3) is 3.08. The van der Waals surface area contributed by atoms with Crippen molar-refractivity contribution in [1.29, 1.82) is 0 Å². The molecular weight excluding hydrogens is 362 g/mol. The summed E-state index contributed by atoms with van der Waals surface area (Å²) < 4.78 is 50.9. The fraction of sp³-hybridized carbons (Fsp3) is 0.538. The normalized spacial score (nSPS) is 29.8. The van der Waals surface area contributed by atoms with Crippen LogP contribution in [0.2, 0.25) is 5.02 Å². The molecule has 0 radical (unpaired) electrons. The molecule has 128 valence electrons. The minimum Gasteiger partial charge on any atom is -0.365 e. The van der Waals surface area contributed by atoms with Gasteiger partial charge in [0.05, 0.1) is 10.7 Å². The number of hydrogen-bond acceptors (Lipinski definition) is 5. The highest BCUT2D eigenvalue weighted by atomic mass is 35.5. The number of fused-ring (bicyclic) bond motifs is 1. The number of hydrogen-bond donors (Lipinski definition) is 3. The van der Waals surface area contributed by atoms with Gasteiger partial charge in [-0.2, -0.15) is 4.72 Å². The fourth-order valence-corrected chi connectivity index (χ4v) is 5.88. The number of sulfonamides is 2. The number of nitrogens with two attached hydrogens (primary N) is 1. The summed E-state index contributed by atoms with van der Waals surface area (Å²) in [5, 5.41) is 8.18. The monoisotopic (exact) mass is 379 g/mol. The summed E-state index contributed by atoms with van der Waals surface area (Å²) >= 11 is 5.98. The van der Waals surface area contributed by atoms with Crippen molar-refractivity contribution in [2.45, 2.75) is 48.1 Å². The van der Waals surface area contributed by atoms with E-state index < -0.39 is 30.6 Å². The van der Waals surface area contributed by atoms with Crippen molar-refractivity contribution in [2.24, 2.45) is 11.1 Å². The van der Waals surface area contributed by atoms with Crippen molar-refractivity contribution < 1.29 is 16.8 Å². The first kappa shape index (κ1) is 17.0. The van der Waals surface area contributed by atoms with Crippen molar-refractivity contribution in [3.63, 3.8) is 0 Å². The summed E-state index contributed by atoms with van der Waals surface area (Å²) in [6.45, 7) is 2.13. The van der Waals surface area contributed by atoms with E-state index in [9.17, 15) is 16.8 Å². The minimum absolute atomic E-state index is 0.102. The lowest BCUT2D eigenvalue weighted by atomic mass is 9.83. The number of nitrogens with one attached hydrogen (secondary N) is 2. The molecular formula is C13H18ClN3O4S2. The van der Waals surface area contributed by atoms with Gasteiger partial charge in [-0.25, -0.2) is 22.0 Å². The molecule has 1 saturated carbocycles. The quantitative estimate of drug-likeness (QED) is 0.684. The van der Waals surface area contributed by atoms with E-state index in [1.807, 2.05) is 0 Å². The van der Waals surface area contributed by atoms with E-state index in [0.717, 1.165) is 18.9 Å². The summed E-state index contributed by atoms with van der Waals surface area (Å²) in [7, 11) is -7.97. The average Bonchev–Trinajstić information content (AvgIpc) is 2.39. The zero-order chi connectivity index (χ0) is 17.0. The Morgan fingerprint density at radius 1 is 1.30 bits per heavy atom. The number of anilines is 1. The molecule has 1 aromatic rings. The minimum atomic E-state index is -4.11. The first-order valence-corrected chi connectivity index (χ1v) is 10.6. The van der Waals surface area contributed by atoms with Gasteiger partial charge in [0.25, 0.3) is 0 Å². The second-order valence-electron chi connectivity index (χ2n) is 6.32. The van der Waals surface area contributed by atoms with Crippen LogP contribution >= 0.6 is 11.6 Å². The molecule has 0 atom stereocenters. The number of rotatable bonds is 1. The molecule has 1 aliphatic carbocycles. The zero-order valence-electron chi connectivity index (χ0n) is 12.5. The zero-order valence-corrected chi connectivity index (χ0v) is 14.9. The third-order valence-corrected chi connectivity index (χ3v) is 7.41. The third-order valence-electron chi connectivity index (χ3n) is 4.46. The fourth-order valence-electron chi connectivity index (χ4n) is 3.15. The molecule has 1 spiro atoms. The second kappa shape index (κ2) is 5.32. The van der Waals surface area contributed by atoms with Crippen LogP contribution in [-0.4, -0.2) is 22.5 Å². The maximum Gasteiger partial charge on any atom is 0.244 e. The molecule has 0 unspecified atom stereocenters. The van der Waals surface area contributed by atoms with E-state index in [2.05, 4.69) is 17.0 Å². The Labute approximate surface area is 140 Å². The highest BCUT2D eigenvalue weighted by Crippen LogP contribution is 2.41. The van der Waals surface area contributed by atoms with Crippen LogP contribution in [-0.2, 0) is 20.0 Å². The number of benzene rings is 1. The van der Waals surface area contributed by atoms with Gasteiger partial charge in [-0.3, -0.25) is 0 Å². The van der Waals surface area contributed by atoms with E-state index in [-0.39, 0.29) is 9.92 Å². The summed E-state index contributed by atoms with van der Waals surface area (Å²) in [5.74, 6) is 0.543. The van der Waals surface area contributed by atoms with Crippen LogP contribution in [0.25, 0.3) is 0 Å². The maximum atomic E-state index is 12.6. The van der Waals surface area contributed by atoms with Gasteiger partial charge in [-0.15, -0.1) is 0 Å². The molecule has 23 heavy (non-hydrogen) atoms. The molecule has 4 N–H and O–H groups in total. The van der Waals surface area contributed by atoms with Gasteiger partial charge in [-0.1, -0.05) is 18.5 Å². The van der Waals surface area contributed by atoms with Gasteiger partial charge in [0.1, 0.15) is 15.5 Å². The van der Waals surface area contributed by atoms with E-state index >= 15 is 0 Å². The topological polar surface area (TPSA) is 118 Å². The van der Waals surface area contributed by atoms with E-state index in [0.29, 0.717) is 24.4 Å². The van der Waals surface area contributed by atoms with Crippen molar-refractivity contribution in [1.82, 2.24) is 4.72 Å². The molecule has 0 bridgehead atoms. The van der Waals surface area contributed by atoms with Crippen molar-refractivity contribution in [3.05, 3.63) is 17.2 Å². The highest BCUT2D eigenvalue weighted by Gasteiger charge is 2.43. The second-order valence-corrected chi connectivity index (χ2v) is 9.91. The van der Waals surface area contributed by atoms with Gasteiger partial charge >= 0.3 is 0 Å². The maximum absolute atomic E-state index is 12.6. The molecule has 1 heterocycles. The summed E-state index contributed by atoms with van der Waals surface area (Å²) in [6, 6.07) is 2.31. The van der Waals surface area contributed by atoms with Crippen LogP contribution in [0, 0.1) is 5.92 Å². The van der Waals surface area contributed by atoms with E-state index in [1.165, 1.54) is 6.07 Å². The summed E-state index contributed by atoms with van der Waals surface area (Å²) in [4.78, 5) is -0.562. The lowest BCUT2D eigenvalue weighted by molar-refractivity contribution is 0.249. The number of primary sulfonamides is 1. The van der Waals surface area contributed by atoms with Crippen molar-refractivity contribution in [2.75, 3.05) is 5.32 Å². The van der Waals surface area contributed by atoms with Gasteiger partial charge in [0, 0.05) is 0 Å². The number of halogens is 1. The molecule has 3 rings (SSSR count). The Kier molecular flexibility index (Phi) is 3.92. The highest BCUT2D eigenvalue weighted by molar-refractivity contribution is 7.90. The van der Waals surface area contributed by atoms with E-state index in [4.69, 9.17) is 16.7 Å². The summed E-state index contributed by atoms with van der Waals surface area (Å²) in [5.41, 5.74) is -0.444. The van der Waals surface area contributed by atoms with Crippen LogP contribution < -0.4 is 15.2 Å². The molecule has 1 fully saturated rings. The first-order valence-electron chi connectivity index (χ1n) is 7.21. The van der Waals surface area contributed by atoms with E-state index in [1.54, 1.807) is 0 Å². The predicted octanol–water partition coefficient (Wildman–Crippen LogP) is 1.60. The van der Waals surface area contributed by atoms with Gasteiger partial charge in [0.2, 0.25) is 20.0 Å². The standard InChI is InChI=1S/C13H18ClN3O4S2/c1-8-2-4-13(5-3-8)16-10-6-9(14)11(22(15,18)19)7-12(10)23(20,21)17-13/h6-8,16-17H,2-5H2,1H3,(H2,15,18,19). The first-order chi connectivity index (χ1) is 10.5. The molecule has 1 aromatic carbocycles. The largest absolute Gasteiger partial charge is 0.365 e. The summed E-state index contributed by atoms with van der Waals surface area (Å²) in [6.07, 6.45) is 3.10. The smallest absolute Gasteiger partial charge is 0.244 e. The predicted molar refractivity (Wildman–Crippen MR) is 87.1 cm³/mol. The lowest BCUT2D eigenvalue weighted by Crippen LogP contribution is -2.58. The van der Waals surface area contributed by atoms with Crippen molar-refractivity contribution >= 4 is 37.3 Å². The Morgan fingerprint density at radius 3 is 2.48 bits per heavy atom. The van der Waals surface area contributed by atoms with Crippen LogP contribution in [0.15, 0.2) is 21.9 Å². The van der Waals surface area contributed by atoms with Crippen LogP contribution in [0.1, 0.15) is 32.6 Å². The van der Waals surface area contributed by atoms with Crippen LogP contribution in [0.4, 0.5) is 5.69 Å². The molecule has 1 aliphatic heterocycles. The molecule has 2 aliphatic rings. The SMILES string of the molecule is CC1CCC2(CC1)Nc1cc(Cl)c(S(N)(=O)=O)cc1S(=O)(=O)N2. The Morgan fingerprint density at radius 2 is 1.91 bits per heavy atom. The average molecular weight is 380 g/mol. The molecule has 0 aromatic heterocycles. The lowest BCUT2D eigenvalue weighted by Gasteiger charge is -2.44. The van der Waals surface area contributed by atoms with Gasteiger partial charge in [-0.05, 0) is 43.7 Å². The van der Waals surface area contributed by atoms with Gasteiger partial charge in [0.15, 0.2) is 0 Å². The molecule has 0 amide bonds. The Hall–Kier alpha value is -0.870. The Bertz CT molecular complexity index is 859. The molecule has 10 heteroatoms.